The van der Waals surface area contributed by atoms with Crippen LogP contribution in [-0.4, -0.2) is 15.0 Å². The molecule has 0 aliphatic rings. The fraction of sp³-hybridized carbons (Fsp3) is 0.333. The maximum absolute atomic E-state index is 12.5. The minimum absolute atomic E-state index is 0.246. The Kier molecular flexibility index (Phi) is 5.66. The molecule has 4 nitrogen and oxygen atoms in total. The molecule has 2 aromatic carbocycles. The molecule has 0 bridgehead atoms. The van der Waals surface area contributed by atoms with Crippen LogP contribution in [0.15, 0.2) is 53.4 Å². The fourth-order valence-electron chi connectivity index (χ4n) is 2.25. The van der Waals surface area contributed by atoms with E-state index in [1.807, 2.05) is 25.1 Å². The zero-order valence-corrected chi connectivity index (χ0v) is 14.6. The molecule has 0 aromatic heterocycles. The maximum Gasteiger partial charge on any atom is 0.262 e. The average molecular weight is 333 g/mol. The van der Waals surface area contributed by atoms with Crippen molar-refractivity contribution in [2.24, 2.45) is 0 Å². The first-order valence-electron chi connectivity index (χ1n) is 7.82. The number of anilines is 1. The Morgan fingerprint density at radius 3 is 2.30 bits per heavy atom. The van der Waals surface area contributed by atoms with Gasteiger partial charge in [0.05, 0.1) is 17.2 Å². The van der Waals surface area contributed by atoms with Crippen LogP contribution in [0.3, 0.4) is 0 Å². The molecule has 1 unspecified atom stereocenters. The first-order valence-corrected chi connectivity index (χ1v) is 9.30. The van der Waals surface area contributed by atoms with Crippen LogP contribution in [0.25, 0.3) is 0 Å². The molecule has 23 heavy (non-hydrogen) atoms. The second-order valence-corrected chi connectivity index (χ2v) is 7.10. The van der Waals surface area contributed by atoms with E-state index < -0.39 is 10.0 Å². The molecule has 2 rings (SSSR count). The van der Waals surface area contributed by atoms with Gasteiger partial charge >= 0.3 is 0 Å². The van der Waals surface area contributed by atoms with Gasteiger partial charge in [-0.3, -0.25) is 4.72 Å². The van der Waals surface area contributed by atoms with Gasteiger partial charge in [-0.15, -0.1) is 0 Å². The summed E-state index contributed by atoms with van der Waals surface area (Å²) in [5.41, 5.74) is 1.58. The monoisotopic (exact) mass is 333 g/mol. The number of rotatable bonds is 7. The van der Waals surface area contributed by atoms with E-state index in [1.165, 1.54) is 0 Å². The molecule has 5 heteroatoms. The number of hydrogen-bond acceptors (Lipinski definition) is 3. The SMILES string of the molecule is CCOc1ccccc1NS(=O)(=O)c1ccc(C(C)CC)cc1. The largest absolute Gasteiger partial charge is 0.492 e. The van der Waals surface area contributed by atoms with Crippen molar-refractivity contribution in [3.8, 4) is 5.75 Å². The summed E-state index contributed by atoms with van der Waals surface area (Å²) in [6, 6.07) is 14.0. The minimum Gasteiger partial charge on any atom is -0.492 e. The average Bonchev–Trinajstić information content (AvgIpc) is 2.56. The number of nitrogens with one attached hydrogen (secondary N) is 1. The highest BCUT2D eigenvalue weighted by atomic mass is 32.2. The Morgan fingerprint density at radius 1 is 1.04 bits per heavy atom. The topological polar surface area (TPSA) is 55.4 Å². The van der Waals surface area contributed by atoms with Gasteiger partial charge in [-0.25, -0.2) is 8.42 Å². The van der Waals surface area contributed by atoms with Crippen molar-refractivity contribution in [1.29, 1.82) is 0 Å². The quantitative estimate of drug-likeness (QED) is 0.817. The van der Waals surface area contributed by atoms with Gasteiger partial charge in [0.25, 0.3) is 10.0 Å². The first kappa shape index (κ1) is 17.3. The lowest BCUT2D eigenvalue weighted by atomic mass is 9.99. The fourth-order valence-corrected chi connectivity index (χ4v) is 3.32. The van der Waals surface area contributed by atoms with Gasteiger partial charge in [-0.05, 0) is 49.1 Å². The number of benzene rings is 2. The van der Waals surface area contributed by atoms with Crippen LogP contribution < -0.4 is 9.46 Å². The smallest absolute Gasteiger partial charge is 0.262 e. The Labute approximate surface area is 138 Å². The highest BCUT2D eigenvalue weighted by Crippen LogP contribution is 2.27. The van der Waals surface area contributed by atoms with Gasteiger partial charge in [0.15, 0.2) is 0 Å². The van der Waals surface area contributed by atoms with Gasteiger partial charge in [-0.2, -0.15) is 0 Å². The second-order valence-electron chi connectivity index (χ2n) is 5.41. The van der Waals surface area contributed by atoms with Crippen LogP contribution in [-0.2, 0) is 10.0 Å². The molecule has 0 radical (unpaired) electrons. The van der Waals surface area contributed by atoms with Crippen LogP contribution in [0.5, 0.6) is 5.75 Å². The standard InChI is InChI=1S/C18H23NO3S/c1-4-14(3)15-10-12-16(13-11-15)23(20,21)19-17-8-6-7-9-18(17)22-5-2/h6-14,19H,4-5H2,1-3H3. The van der Waals surface area contributed by atoms with E-state index >= 15 is 0 Å². The van der Waals surface area contributed by atoms with Crippen molar-refractivity contribution in [3.05, 3.63) is 54.1 Å². The van der Waals surface area contributed by atoms with E-state index in [0.29, 0.717) is 24.0 Å². The molecule has 0 aliphatic carbocycles. The lowest BCUT2D eigenvalue weighted by Gasteiger charge is -2.14. The Balaban J connectivity index is 2.25. The van der Waals surface area contributed by atoms with E-state index in [2.05, 4.69) is 18.6 Å². The maximum atomic E-state index is 12.5. The zero-order valence-electron chi connectivity index (χ0n) is 13.7. The summed E-state index contributed by atoms with van der Waals surface area (Å²) < 4.78 is 33.1. The first-order chi connectivity index (χ1) is 11.0. The van der Waals surface area contributed by atoms with E-state index in [-0.39, 0.29) is 4.90 Å². The summed E-state index contributed by atoms with van der Waals surface area (Å²) in [4.78, 5) is 0.246. The molecule has 0 heterocycles. The van der Waals surface area contributed by atoms with Gasteiger partial charge in [0, 0.05) is 0 Å². The van der Waals surface area contributed by atoms with E-state index in [4.69, 9.17) is 4.74 Å². The Morgan fingerprint density at radius 2 is 1.70 bits per heavy atom. The van der Waals surface area contributed by atoms with Gasteiger partial charge in [0.1, 0.15) is 5.75 Å². The Hall–Kier alpha value is -2.01. The molecule has 1 N–H and O–H groups in total. The van der Waals surface area contributed by atoms with Crippen LogP contribution in [0.1, 0.15) is 38.7 Å². The molecule has 0 fully saturated rings. The lowest BCUT2D eigenvalue weighted by molar-refractivity contribution is 0.342. The highest BCUT2D eigenvalue weighted by molar-refractivity contribution is 7.92. The Bertz CT molecular complexity index is 739. The summed E-state index contributed by atoms with van der Waals surface area (Å²) in [5, 5.41) is 0. The van der Waals surface area contributed by atoms with Crippen molar-refractivity contribution >= 4 is 15.7 Å². The summed E-state index contributed by atoms with van der Waals surface area (Å²) in [7, 11) is -3.63. The van der Waals surface area contributed by atoms with Crippen LogP contribution in [0.2, 0.25) is 0 Å². The van der Waals surface area contributed by atoms with Gasteiger partial charge in [0.2, 0.25) is 0 Å². The van der Waals surface area contributed by atoms with E-state index in [9.17, 15) is 8.42 Å². The van der Waals surface area contributed by atoms with Crippen LogP contribution in [0, 0.1) is 0 Å². The summed E-state index contributed by atoms with van der Waals surface area (Å²) in [5.74, 6) is 0.938. The summed E-state index contributed by atoms with van der Waals surface area (Å²) in [6.45, 7) is 6.57. The minimum atomic E-state index is -3.63. The summed E-state index contributed by atoms with van der Waals surface area (Å²) in [6.07, 6.45) is 1.02. The number of ether oxygens (including phenoxy) is 1. The van der Waals surface area contributed by atoms with E-state index in [0.717, 1.165) is 12.0 Å². The van der Waals surface area contributed by atoms with Gasteiger partial charge in [-0.1, -0.05) is 38.1 Å². The van der Waals surface area contributed by atoms with Crippen molar-refractivity contribution in [2.75, 3.05) is 11.3 Å². The number of sulfonamides is 1. The third-order valence-corrected chi connectivity index (χ3v) is 5.18. The molecule has 0 amide bonds. The molecular weight excluding hydrogens is 310 g/mol. The number of hydrogen-bond donors (Lipinski definition) is 1. The van der Waals surface area contributed by atoms with Crippen LogP contribution in [0.4, 0.5) is 5.69 Å². The normalized spacial score (nSPS) is 12.7. The van der Waals surface area contributed by atoms with Crippen molar-refractivity contribution in [1.82, 2.24) is 0 Å². The van der Waals surface area contributed by atoms with Crippen LogP contribution >= 0.6 is 0 Å². The molecule has 1 atom stereocenters. The predicted octanol–water partition coefficient (Wildman–Crippen LogP) is 4.40. The molecular formula is C18H23NO3S. The molecule has 0 aliphatic heterocycles. The third-order valence-electron chi connectivity index (χ3n) is 3.80. The summed E-state index contributed by atoms with van der Waals surface area (Å²) >= 11 is 0. The predicted molar refractivity (Wildman–Crippen MR) is 93.6 cm³/mol. The zero-order chi connectivity index (χ0) is 16.9. The third kappa shape index (κ3) is 4.26. The second kappa shape index (κ2) is 7.51. The van der Waals surface area contributed by atoms with Crippen molar-refractivity contribution in [3.63, 3.8) is 0 Å². The molecule has 124 valence electrons. The molecule has 0 saturated carbocycles. The molecule has 0 spiro atoms. The lowest BCUT2D eigenvalue weighted by Crippen LogP contribution is -2.14. The van der Waals surface area contributed by atoms with E-state index in [1.54, 1.807) is 30.3 Å². The number of para-hydroxylation sites is 2. The highest BCUT2D eigenvalue weighted by Gasteiger charge is 2.16. The van der Waals surface area contributed by atoms with Gasteiger partial charge < -0.3 is 4.74 Å². The van der Waals surface area contributed by atoms with Crippen molar-refractivity contribution < 1.29 is 13.2 Å². The molecule has 2 aromatic rings. The molecule has 0 saturated heterocycles. The van der Waals surface area contributed by atoms with Crippen molar-refractivity contribution in [2.45, 2.75) is 38.0 Å².